The molecular formula is C20H15BrFNO3. The molecule has 0 bridgehead atoms. The average molecular weight is 416 g/mol. The Morgan fingerprint density at radius 1 is 1.00 bits per heavy atom. The highest BCUT2D eigenvalue weighted by molar-refractivity contribution is 9.10. The number of para-hydroxylation sites is 2. The maximum absolute atomic E-state index is 13.3. The minimum Gasteiger partial charge on any atom is -0.493 e. The molecule has 132 valence electrons. The highest BCUT2D eigenvalue weighted by atomic mass is 79.9. The van der Waals surface area contributed by atoms with Crippen LogP contribution in [0.25, 0.3) is 0 Å². The third-order valence-corrected chi connectivity index (χ3v) is 4.27. The molecule has 4 nitrogen and oxygen atoms in total. The van der Waals surface area contributed by atoms with Crippen LogP contribution < -0.4 is 14.8 Å². The summed E-state index contributed by atoms with van der Waals surface area (Å²) >= 11 is 3.25. The van der Waals surface area contributed by atoms with Crippen molar-refractivity contribution in [3.63, 3.8) is 0 Å². The molecule has 3 rings (SSSR count). The van der Waals surface area contributed by atoms with Crippen molar-refractivity contribution in [3.8, 4) is 17.2 Å². The molecule has 1 N–H and O–H groups in total. The third kappa shape index (κ3) is 4.21. The van der Waals surface area contributed by atoms with Crippen molar-refractivity contribution in [2.75, 3.05) is 12.4 Å². The molecule has 0 atom stereocenters. The molecule has 0 aliphatic heterocycles. The molecule has 0 radical (unpaired) electrons. The van der Waals surface area contributed by atoms with Crippen LogP contribution in [0.3, 0.4) is 0 Å². The normalized spacial score (nSPS) is 10.3. The van der Waals surface area contributed by atoms with Crippen LogP contribution in [0.1, 0.15) is 10.4 Å². The van der Waals surface area contributed by atoms with Crippen LogP contribution in [0.4, 0.5) is 10.1 Å². The summed E-state index contributed by atoms with van der Waals surface area (Å²) in [5, 5.41) is 2.72. The first-order valence-electron chi connectivity index (χ1n) is 7.74. The fourth-order valence-electron chi connectivity index (χ4n) is 2.31. The molecule has 0 aliphatic carbocycles. The predicted octanol–water partition coefficient (Wildman–Crippen LogP) is 5.64. The molecule has 6 heteroatoms. The van der Waals surface area contributed by atoms with Crippen LogP contribution in [0.2, 0.25) is 0 Å². The molecular weight excluding hydrogens is 401 g/mol. The SMILES string of the molecule is COc1ccccc1Oc1ccc(NC(=O)c2cc(F)ccc2Br)cc1. The van der Waals surface area contributed by atoms with Gasteiger partial charge in [0.15, 0.2) is 11.5 Å². The Morgan fingerprint density at radius 2 is 1.69 bits per heavy atom. The Labute approximate surface area is 158 Å². The summed E-state index contributed by atoms with van der Waals surface area (Å²) in [6.07, 6.45) is 0. The van der Waals surface area contributed by atoms with Gasteiger partial charge in [0.1, 0.15) is 11.6 Å². The zero-order valence-electron chi connectivity index (χ0n) is 13.8. The van der Waals surface area contributed by atoms with Crippen molar-refractivity contribution in [1.29, 1.82) is 0 Å². The van der Waals surface area contributed by atoms with Crippen LogP contribution in [-0.4, -0.2) is 13.0 Å². The van der Waals surface area contributed by atoms with Gasteiger partial charge < -0.3 is 14.8 Å². The number of hydrogen-bond acceptors (Lipinski definition) is 3. The number of halogens is 2. The minimum atomic E-state index is -0.473. The summed E-state index contributed by atoms with van der Waals surface area (Å²) in [6.45, 7) is 0. The minimum absolute atomic E-state index is 0.222. The molecule has 0 spiro atoms. The van der Waals surface area contributed by atoms with Crippen LogP contribution in [0, 0.1) is 5.82 Å². The second kappa shape index (κ2) is 8.01. The summed E-state index contributed by atoms with van der Waals surface area (Å²) in [4.78, 5) is 12.3. The zero-order valence-corrected chi connectivity index (χ0v) is 15.4. The monoisotopic (exact) mass is 415 g/mol. The van der Waals surface area contributed by atoms with Gasteiger partial charge in [0.25, 0.3) is 5.91 Å². The van der Waals surface area contributed by atoms with Crippen LogP contribution in [0.15, 0.2) is 71.2 Å². The number of amides is 1. The lowest BCUT2D eigenvalue weighted by Gasteiger charge is -2.11. The lowest BCUT2D eigenvalue weighted by molar-refractivity contribution is 0.102. The smallest absolute Gasteiger partial charge is 0.256 e. The molecule has 0 aromatic heterocycles. The number of nitrogens with one attached hydrogen (secondary N) is 1. The van der Waals surface area contributed by atoms with Crippen molar-refractivity contribution in [2.24, 2.45) is 0 Å². The topological polar surface area (TPSA) is 47.6 Å². The molecule has 3 aromatic carbocycles. The Bertz CT molecular complexity index is 929. The van der Waals surface area contributed by atoms with Crippen molar-refractivity contribution >= 4 is 27.5 Å². The number of rotatable bonds is 5. The highest BCUT2D eigenvalue weighted by Gasteiger charge is 2.12. The van der Waals surface area contributed by atoms with Crippen LogP contribution in [0.5, 0.6) is 17.2 Å². The van der Waals surface area contributed by atoms with Crippen molar-refractivity contribution in [3.05, 3.63) is 82.6 Å². The number of anilines is 1. The first kappa shape index (κ1) is 17.9. The zero-order chi connectivity index (χ0) is 18.5. The number of methoxy groups -OCH3 is 1. The van der Waals surface area contributed by atoms with Gasteiger partial charge in [-0.1, -0.05) is 12.1 Å². The number of hydrogen-bond donors (Lipinski definition) is 1. The van der Waals surface area contributed by atoms with Crippen LogP contribution >= 0.6 is 15.9 Å². The van der Waals surface area contributed by atoms with E-state index in [0.717, 1.165) is 0 Å². The standard InChI is InChI=1S/C20H15BrFNO3/c1-25-18-4-2-3-5-19(18)26-15-9-7-14(8-10-15)23-20(24)16-12-13(22)6-11-17(16)21/h2-12H,1H3,(H,23,24). The van der Waals surface area contributed by atoms with E-state index in [-0.39, 0.29) is 5.56 Å². The van der Waals surface area contributed by atoms with E-state index in [1.54, 1.807) is 43.5 Å². The van der Waals surface area contributed by atoms with E-state index < -0.39 is 11.7 Å². The lowest BCUT2D eigenvalue weighted by atomic mass is 10.2. The van der Waals surface area contributed by atoms with Gasteiger partial charge in [-0.2, -0.15) is 0 Å². The average Bonchev–Trinajstić information content (AvgIpc) is 2.65. The Balaban J connectivity index is 1.71. The molecule has 0 unspecified atom stereocenters. The van der Waals surface area contributed by atoms with Gasteiger partial charge in [-0.25, -0.2) is 4.39 Å². The molecule has 0 heterocycles. The summed E-state index contributed by atoms with van der Waals surface area (Å²) in [6, 6.07) is 18.1. The first-order valence-corrected chi connectivity index (χ1v) is 8.53. The Kier molecular flexibility index (Phi) is 5.53. The third-order valence-electron chi connectivity index (χ3n) is 3.58. The van der Waals surface area contributed by atoms with Crippen molar-refractivity contribution in [1.82, 2.24) is 0 Å². The molecule has 26 heavy (non-hydrogen) atoms. The van der Waals surface area contributed by atoms with Gasteiger partial charge in [-0.05, 0) is 70.5 Å². The van der Waals surface area contributed by atoms with E-state index in [1.165, 1.54) is 18.2 Å². The van der Waals surface area contributed by atoms with E-state index >= 15 is 0 Å². The second-order valence-corrected chi connectivity index (χ2v) is 6.21. The molecule has 0 saturated heterocycles. The number of benzene rings is 3. The van der Waals surface area contributed by atoms with Crippen molar-refractivity contribution in [2.45, 2.75) is 0 Å². The summed E-state index contributed by atoms with van der Waals surface area (Å²) < 4.78 is 24.9. The quantitative estimate of drug-likeness (QED) is 0.586. The summed E-state index contributed by atoms with van der Waals surface area (Å²) in [7, 11) is 1.57. The Hall–Kier alpha value is -2.86. The van der Waals surface area contributed by atoms with Gasteiger partial charge in [0.05, 0.1) is 12.7 Å². The van der Waals surface area contributed by atoms with Crippen LogP contribution in [-0.2, 0) is 0 Å². The van der Waals surface area contributed by atoms with E-state index in [1.807, 2.05) is 12.1 Å². The fraction of sp³-hybridized carbons (Fsp3) is 0.0500. The molecule has 3 aromatic rings. The van der Waals surface area contributed by atoms with E-state index in [9.17, 15) is 9.18 Å². The number of ether oxygens (including phenoxy) is 2. The summed E-state index contributed by atoms with van der Waals surface area (Å²) in [5.74, 6) is 0.935. The molecule has 0 fully saturated rings. The molecule has 0 saturated carbocycles. The largest absolute Gasteiger partial charge is 0.493 e. The number of carbonyl (C=O) groups excluding carboxylic acids is 1. The van der Waals surface area contributed by atoms with Gasteiger partial charge in [-0.3, -0.25) is 4.79 Å². The lowest BCUT2D eigenvalue weighted by Crippen LogP contribution is -2.12. The van der Waals surface area contributed by atoms with E-state index in [2.05, 4.69) is 21.2 Å². The number of carbonyl (C=O) groups is 1. The summed E-state index contributed by atoms with van der Waals surface area (Å²) in [5.41, 5.74) is 0.790. The fourth-order valence-corrected chi connectivity index (χ4v) is 2.73. The highest BCUT2D eigenvalue weighted by Crippen LogP contribution is 2.31. The van der Waals surface area contributed by atoms with Gasteiger partial charge in [-0.15, -0.1) is 0 Å². The van der Waals surface area contributed by atoms with E-state index in [0.29, 0.717) is 27.4 Å². The van der Waals surface area contributed by atoms with Crippen molar-refractivity contribution < 1.29 is 18.7 Å². The predicted molar refractivity (Wildman–Crippen MR) is 102 cm³/mol. The maximum atomic E-state index is 13.3. The molecule has 1 amide bonds. The molecule has 0 aliphatic rings. The second-order valence-electron chi connectivity index (χ2n) is 5.36. The Morgan fingerprint density at radius 3 is 2.38 bits per heavy atom. The van der Waals surface area contributed by atoms with Gasteiger partial charge >= 0.3 is 0 Å². The van der Waals surface area contributed by atoms with E-state index in [4.69, 9.17) is 9.47 Å². The van der Waals surface area contributed by atoms with Gasteiger partial charge in [0, 0.05) is 10.2 Å². The first-order chi connectivity index (χ1) is 12.6. The maximum Gasteiger partial charge on any atom is 0.256 e. The van der Waals surface area contributed by atoms with Gasteiger partial charge in [0.2, 0.25) is 0 Å².